The van der Waals surface area contributed by atoms with Crippen molar-refractivity contribution in [1.29, 1.82) is 0 Å². The van der Waals surface area contributed by atoms with Gasteiger partial charge in [0, 0.05) is 12.6 Å². The summed E-state index contributed by atoms with van der Waals surface area (Å²) in [5.74, 6) is -0.792. The van der Waals surface area contributed by atoms with Gasteiger partial charge in [0.25, 0.3) is 0 Å². The summed E-state index contributed by atoms with van der Waals surface area (Å²) >= 11 is 0. The van der Waals surface area contributed by atoms with Gasteiger partial charge in [0.15, 0.2) is 0 Å². The highest BCUT2D eigenvalue weighted by Gasteiger charge is 2.45. The smallest absolute Gasteiger partial charge is 0.324 e. The molecule has 1 aromatic carbocycles. The fourth-order valence-electron chi connectivity index (χ4n) is 2.91. The van der Waals surface area contributed by atoms with Gasteiger partial charge in [-0.1, -0.05) is 6.92 Å². The van der Waals surface area contributed by atoms with Gasteiger partial charge in [-0.3, -0.25) is 9.59 Å². The zero-order valence-corrected chi connectivity index (χ0v) is 16.9. The van der Waals surface area contributed by atoms with Gasteiger partial charge in [-0.15, -0.1) is 0 Å². The molecule has 1 aromatic rings. The Bertz CT molecular complexity index is 793. The number of esters is 1. The second kappa shape index (κ2) is 9.35. The zero-order valence-electron chi connectivity index (χ0n) is 16.1. The van der Waals surface area contributed by atoms with Crippen LogP contribution in [-0.4, -0.2) is 68.2 Å². The third kappa shape index (κ3) is 5.00. The van der Waals surface area contributed by atoms with Crippen molar-refractivity contribution < 1.29 is 32.6 Å². The highest BCUT2D eigenvalue weighted by Crippen LogP contribution is 2.28. The molecule has 156 valence electrons. The number of methoxy groups -OCH3 is 1. The summed E-state index contributed by atoms with van der Waals surface area (Å²) in [5, 5.41) is 11.9. The first-order valence-electron chi connectivity index (χ1n) is 9.01. The molecule has 0 aromatic heterocycles. The average molecular weight is 414 g/mol. The van der Waals surface area contributed by atoms with E-state index in [-0.39, 0.29) is 17.9 Å². The minimum Gasteiger partial charge on any atom is -0.494 e. The number of carbonyl (C=O) groups excluding carboxylic acids is 2. The number of aliphatic hydroxyl groups is 1. The minimum absolute atomic E-state index is 0.00718. The van der Waals surface area contributed by atoms with E-state index < -0.39 is 40.1 Å². The molecule has 2 rings (SSSR count). The lowest BCUT2D eigenvalue weighted by Gasteiger charge is -2.22. The van der Waals surface area contributed by atoms with Gasteiger partial charge < -0.3 is 19.9 Å². The molecule has 0 radical (unpaired) electrons. The Morgan fingerprint density at radius 2 is 1.96 bits per heavy atom. The van der Waals surface area contributed by atoms with Gasteiger partial charge in [-0.05, 0) is 44.0 Å². The Morgan fingerprint density at radius 3 is 2.50 bits per heavy atom. The minimum atomic E-state index is -4.01. The van der Waals surface area contributed by atoms with Crippen LogP contribution in [0.2, 0.25) is 0 Å². The van der Waals surface area contributed by atoms with Crippen molar-refractivity contribution in [3.63, 3.8) is 0 Å². The standard InChI is InChI=1S/C18H26N2O7S/c1-4-9-27-14-5-7-15(8-6-14)28(24,25)20-11-13(19-17(22)12(2)21)10-16(20)18(23)26-3/h5-8,12-13,16,21H,4,9-11H2,1-3H3,(H,19,22)/t12-,13-,16+/m0/s1. The van der Waals surface area contributed by atoms with Gasteiger partial charge in [0.05, 0.1) is 18.6 Å². The number of hydrogen-bond donors (Lipinski definition) is 2. The molecule has 0 aliphatic carbocycles. The highest BCUT2D eigenvalue weighted by molar-refractivity contribution is 7.89. The quantitative estimate of drug-likeness (QED) is 0.586. The average Bonchev–Trinajstić information content (AvgIpc) is 3.10. The van der Waals surface area contributed by atoms with E-state index >= 15 is 0 Å². The number of rotatable bonds is 8. The molecular weight excluding hydrogens is 388 g/mol. The monoisotopic (exact) mass is 414 g/mol. The number of nitrogens with zero attached hydrogens (tertiary/aromatic N) is 1. The Morgan fingerprint density at radius 1 is 1.32 bits per heavy atom. The van der Waals surface area contributed by atoms with E-state index in [0.717, 1.165) is 10.7 Å². The molecule has 9 nitrogen and oxygen atoms in total. The number of nitrogens with one attached hydrogen (secondary N) is 1. The normalized spacial score (nSPS) is 21.1. The lowest BCUT2D eigenvalue weighted by atomic mass is 10.1. The Kier molecular flexibility index (Phi) is 7.39. The van der Waals surface area contributed by atoms with E-state index in [2.05, 4.69) is 5.32 Å². The summed E-state index contributed by atoms with van der Waals surface area (Å²) in [7, 11) is -2.83. The van der Waals surface area contributed by atoms with Gasteiger partial charge in [-0.2, -0.15) is 4.31 Å². The number of benzene rings is 1. The fourth-order valence-corrected chi connectivity index (χ4v) is 4.55. The van der Waals surface area contributed by atoms with E-state index in [9.17, 15) is 23.1 Å². The Balaban J connectivity index is 2.24. The van der Waals surface area contributed by atoms with Gasteiger partial charge >= 0.3 is 5.97 Å². The van der Waals surface area contributed by atoms with Crippen LogP contribution in [0.15, 0.2) is 29.2 Å². The second-order valence-corrected chi connectivity index (χ2v) is 8.44. The Hall–Kier alpha value is -2.17. The first-order valence-corrected chi connectivity index (χ1v) is 10.5. The van der Waals surface area contributed by atoms with Crippen LogP contribution >= 0.6 is 0 Å². The summed E-state index contributed by atoms with van der Waals surface area (Å²) in [6.07, 6.45) is -0.353. The van der Waals surface area contributed by atoms with E-state index in [1.807, 2.05) is 6.92 Å². The summed E-state index contributed by atoms with van der Waals surface area (Å²) in [6.45, 7) is 3.69. The molecule has 0 spiro atoms. The first-order chi connectivity index (χ1) is 13.2. The highest BCUT2D eigenvalue weighted by atomic mass is 32.2. The predicted molar refractivity (Wildman–Crippen MR) is 100 cm³/mol. The third-order valence-corrected chi connectivity index (χ3v) is 6.25. The van der Waals surface area contributed by atoms with Crippen molar-refractivity contribution in [2.75, 3.05) is 20.3 Å². The van der Waals surface area contributed by atoms with Crippen LogP contribution in [0.3, 0.4) is 0 Å². The summed E-state index contributed by atoms with van der Waals surface area (Å²) < 4.78 is 37.4. The summed E-state index contributed by atoms with van der Waals surface area (Å²) in [6, 6.07) is 4.25. The van der Waals surface area contributed by atoms with Gasteiger partial charge in [0.1, 0.15) is 17.9 Å². The third-order valence-electron chi connectivity index (χ3n) is 4.36. The van der Waals surface area contributed by atoms with Crippen LogP contribution in [0.4, 0.5) is 0 Å². The number of hydrogen-bond acceptors (Lipinski definition) is 7. The fraction of sp³-hybridized carbons (Fsp3) is 0.556. The molecule has 0 bridgehead atoms. The first kappa shape index (κ1) is 22.1. The largest absolute Gasteiger partial charge is 0.494 e. The molecule has 0 unspecified atom stereocenters. The number of sulfonamides is 1. The number of amides is 1. The van der Waals surface area contributed by atoms with Crippen molar-refractivity contribution in [3.8, 4) is 5.75 Å². The van der Waals surface area contributed by atoms with E-state index in [1.54, 1.807) is 12.1 Å². The van der Waals surface area contributed by atoms with E-state index in [4.69, 9.17) is 9.47 Å². The Labute approximate surface area is 164 Å². The zero-order chi connectivity index (χ0) is 20.9. The number of carbonyl (C=O) groups is 2. The molecule has 1 amide bonds. The van der Waals surface area contributed by atoms with Gasteiger partial charge in [-0.25, -0.2) is 8.42 Å². The van der Waals surface area contributed by atoms with Crippen LogP contribution in [0.1, 0.15) is 26.7 Å². The molecule has 28 heavy (non-hydrogen) atoms. The topological polar surface area (TPSA) is 122 Å². The van der Waals surface area contributed by atoms with Crippen molar-refractivity contribution in [2.45, 2.75) is 49.8 Å². The number of aliphatic hydroxyl groups excluding tert-OH is 1. The van der Waals surface area contributed by atoms with Crippen molar-refractivity contribution in [1.82, 2.24) is 9.62 Å². The molecule has 2 N–H and O–H groups in total. The molecular formula is C18H26N2O7S. The molecule has 3 atom stereocenters. The lowest BCUT2D eigenvalue weighted by Crippen LogP contribution is -2.43. The molecule has 1 aliphatic rings. The van der Waals surface area contributed by atoms with Crippen molar-refractivity contribution in [3.05, 3.63) is 24.3 Å². The van der Waals surface area contributed by atoms with E-state index in [1.165, 1.54) is 26.2 Å². The maximum Gasteiger partial charge on any atom is 0.324 e. The van der Waals surface area contributed by atoms with Crippen molar-refractivity contribution in [2.24, 2.45) is 0 Å². The summed E-state index contributed by atoms with van der Waals surface area (Å²) in [4.78, 5) is 23.9. The molecule has 1 heterocycles. The molecule has 1 saturated heterocycles. The SMILES string of the molecule is CCCOc1ccc(S(=O)(=O)N2C[C@@H](NC(=O)[C@H](C)O)C[C@@H]2C(=O)OC)cc1. The van der Waals surface area contributed by atoms with Gasteiger partial charge in [0.2, 0.25) is 15.9 Å². The summed E-state index contributed by atoms with van der Waals surface area (Å²) in [5.41, 5.74) is 0. The maximum atomic E-state index is 13.1. The van der Waals surface area contributed by atoms with Crippen LogP contribution in [0.5, 0.6) is 5.75 Å². The van der Waals surface area contributed by atoms with Crippen LogP contribution in [0.25, 0.3) is 0 Å². The lowest BCUT2D eigenvalue weighted by molar-refractivity contribution is -0.144. The molecule has 1 fully saturated rings. The number of ether oxygens (including phenoxy) is 2. The van der Waals surface area contributed by atoms with E-state index in [0.29, 0.717) is 12.4 Å². The predicted octanol–water partition coefficient (Wildman–Crippen LogP) is 0.277. The molecule has 1 aliphatic heterocycles. The maximum absolute atomic E-state index is 13.1. The van der Waals surface area contributed by atoms with Crippen LogP contribution in [0, 0.1) is 0 Å². The molecule has 0 saturated carbocycles. The van der Waals surface area contributed by atoms with Crippen LogP contribution < -0.4 is 10.1 Å². The van der Waals surface area contributed by atoms with Crippen LogP contribution in [-0.2, 0) is 24.3 Å². The van der Waals surface area contributed by atoms with Crippen molar-refractivity contribution >= 4 is 21.9 Å². The molecule has 10 heteroatoms. The second-order valence-electron chi connectivity index (χ2n) is 6.55.